The van der Waals surface area contributed by atoms with Crippen molar-refractivity contribution in [2.75, 3.05) is 0 Å². The number of rotatable bonds is 18. The van der Waals surface area contributed by atoms with Crippen molar-refractivity contribution in [3.8, 4) is 0 Å². The highest BCUT2D eigenvalue weighted by Crippen LogP contribution is 2.26. The van der Waals surface area contributed by atoms with Crippen molar-refractivity contribution in [3.63, 3.8) is 0 Å². The van der Waals surface area contributed by atoms with Crippen molar-refractivity contribution in [2.24, 2.45) is 5.73 Å². The molecule has 0 aliphatic heterocycles. The summed E-state index contributed by atoms with van der Waals surface area (Å²) in [6.07, 6.45) is 24.4. The third-order valence-electron chi connectivity index (χ3n) is 5.33. The number of nitrogens with two attached hydrogens (primary N) is 1. The SMILES string of the molecule is CCCCCCCC(N)(CCCCCCC)CCCCCCC. The lowest BCUT2D eigenvalue weighted by Crippen LogP contribution is -2.39. The maximum Gasteiger partial charge on any atom is 0.0154 e. The lowest BCUT2D eigenvalue weighted by Gasteiger charge is -2.30. The van der Waals surface area contributed by atoms with Crippen molar-refractivity contribution in [2.45, 2.75) is 142 Å². The molecule has 140 valence electrons. The summed E-state index contributed by atoms with van der Waals surface area (Å²) >= 11 is 0. The molecule has 0 aliphatic rings. The average Bonchev–Trinajstić information content (AvgIpc) is 2.54. The molecule has 0 aromatic carbocycles. The van der Waals surface area contributed by atoms with Crippen LogP contribution in [0.2, 0.25) is 0 Å². The van der Waals surface area contributed by atoms with Crippen molar-refractivity contribution in [3.05, 3.63) is 0 Å². The molecule has 0 heterocycles. The second-order valence-corrected chi connectivity index (χ2v) is 7.86. The minimum absolute atomic E-state index is 0.143. The Morgan fingerprint density at radius 3 is 0.957 bits per heavy atom. The largest absolute Gasteiger partial charge is 0.325 e. The highest BCUT2D eigenvalue weighted by molar-refractivity contribution is 4.84. The maximum absolute atomic E-state index is 6.84. The van der Waals surface area contributed by atoms with Crippen LogP contribution in [-0.2, 0) is 0 Å². The Kier molecular flexibility index (Phi) is 16.8. The molecule has 0 atom stereocenters. The lowest BCUT2D eigenvalue weighted by atomic mass is 9.82. The minimum Gasteiger partial charge on any atom is -0.325 e. The van der Waals surface area contributed by atoms with E-state index in [-0.39, 0.29) is 5.54 Å². The van der Waals surface area contributed by atoms with Crippen LogP contribution in [0.15, 0.2) is 0 Å². The Labute approximate surface area is 148 Å². The van der Waals surface area contributed by atoms with E-state index >= 15 is 0 Å². The van der Waals surface area contributed by atoms with Gasteiger partial charge in [-0.15, -0.1) is 0 Å². The second kappa shape index (κ2) is 16.8. The van der Waals surface area contributed by atoms with E-state index in [1.165, 1.54) is 116 Å². The van der Waals surface area contributed by atoms with Crippen LogP contribution in [0.5, 0.6) is 0 Å². The van der Waals surface area contributed by atoms with Gasteiger partial charge in [0.25, 0.3) is 0 Å². The van der Waals surface area contributed by atoms with E-state index in [9.17, 15) is 0 Å². The van der Waals surface area contributed by atoms with E-state index in [1.807, 2.05) is 0 Å². The van der Waals surface area contributed by atoms with Crippen molar-refractivity contribution >= 4 is 0 Å². The highest BCUT2D eigenvalue weighted by Gasteiger charge is 2.23. The molecule has 0 saturated carbocycles. The number of hydrogen-bond acceptors (Lipinski definition) is 1. The third kappa shape index (κ3) is 15.2. The van der Waals surface area contributed by atoms with Gasteiger partial charge in [-0.05, 0) is 19.3 Å². The molecule has 1 heteroatoms. The minimum atomic E-state index is 0.143. The first kappa shape index (κ1) is 23.0. The number of unbranched alkanes of at least 4 members (excludes halogenated alkanes) is 12. The molecule has 1 nitrogen and oxygen atoms in total. The average molecular weight is 326 g/mol. The molecule has 0 aromatic rings. The van der Waals surface area contributed by atoms with E-state index in [0.717, 1.165) is 0 Å². The Morgan fingerprint density at radius 1 is 0.435 bits per heavy atom. The van der Waals surface area contributed by atoms with Crippen LogP contribution in [0.3, 0.4) is 0 Å². The van der Waals surface area contributed by atoms with Gasteiger partial charge in [-0.1, -0.05) is 117 Å². The van der Waals surface area contributed by atoms with Gasteiger partial charge in [0.1, 0.15) is 0 Å². The van der Waals surface area contributed by atoms with Gasteiger partial charge in [-0.3, -0.25) is 0 Å². The molecule has 0 aromatic heterocycles. The van der Waals surface area contributed by atoms with E-state index in [4.69, 9.17) is 5.73 Å². The van der Waals surface area contributed by atoms with Crippen LogP contribution in [0, 0.1) is 0 Å². The fraction of sp³-hybridized carbons (Fsp3) is 1.00. The van der Waals surface area contributed by atoms with E-state index in [1.54, 1.807) is 0 Å². The summed E-state index contributed by atoms with van der Waals surface area (Å²) in [5.41, 5.74) is 6.99. The monoisotopic (exact) mass is 325 g/mol. The second-order valence-electron chi connectivity index (χ2n) is 7.86. The normalized spacial score (nSPS) is 12.0. The molecular weight excluding hydrogens is 278 g/mol. The highest BCUT2D eigenvalue weighted by atomic mass is 14.7. The molecular formula is C22H47N. The van der Waals surface area contributed by atoms with E-state index in [2.05, 4.69) is 20.8 Å². The molecule has 0 unspecified atom stereocenters. The fourth-order valence-corrected chi connectivity index (χ4v) is 3.62. The maximum atomic E-state index is 6.84. The first-order valence-electron chi connectivity index (χ1n) is 11.0. The summed E-state index contributed by atoms with van der Waals surface area (Å²) in [6, 6.07) is 0. The molecule has 23 heavy (non-hydrogen) atoms. The Morgan fingerprint density at radius 2 is 0.696 bits per heavy atom. The number of hydrogen-bond donors (Lipinski definition) is 1. The van der Waals surface area contributed by atoms with Gasteiger partial charge >= 0.3 is 0 Å². The summed E-state index contributed by atoms with van der Waals surface area (Å²) in [4.78, 5) is 0. The van der Waals surface area contributed by atoms with Crippen LogP contribution in [-0.4, -0.2) is 5.54 Å². The molecule has 0 aliphatic carbocycles. The molecule has 0 rings (SSSR count). The van der Waals surface area contributed by atoms with Gasteiger partial charge < -0.3 is 5.73 Å². The van der Waals surface area contributed by atoms with E-state index in [0.29, 0.717) is 0 Å². The summed E-state index contributed by atoms with van der Waals surface area (Å²) in [7, 11) is 0. The molecule has 0 spiro atoms. The fourth-order valence-electron chi connectivity index (χ4n) is 3.62. The van der Waals surface area contributed by atoms with Crippen molar-refractivity contribution < 1.29 is 0 Å². The standard InChI is InChI=1S/C22H47N/c1-4-7-10-13-16-19-22(23,20-17-14-11-8-5-2)21-18-15-12-9-6-3/h4-21,23H2,1-3H3. The van der Waals surface area contributed by atoms with Crippen LogP contribution < -0.4 is 5.73 Å². The van der Waals surface area contributed by atoms with Crippen LogP contribution in [0.1, 0.15) is 136 Å². The summed E-state index contributed by atoms with van der Waals surface area (Å²) in [5, 5.41) is 0. The van der Waals surface area contributed by atoms with Gasteiger partial charge in [-0.2, -0.15) is 0 Å². The summed E-state index contributed by atoms with van der Waals surface area (Å²) in [5.74, 6) is 0. The smallest absolute Gasteiger partial charge is 0.0154 e. The molecule has 0 fully saturated rings. The molecule has 0 radical (unpaired) electrons. The Balaban J connectivity index is 4.00. The first-order chi connectivity index (χ1) is 11.2. The zero-order valence-corrected chi connectivity index (χ0v) is 16.8. The van der Waals surface area contributed by atoms with Gasteiger partial charge in [0.15, 0.2) is 0 Å². The molecule has 0 bridgehead atoms. The summed E-state index contributed by atoms with van der Waals surface area (Å²) < 4.78 is 0. The van der Waals surface area contributed by atoms with Crippen LogP contribution in [0.25, 0.3) is 0 Å². The summed E-state index contributed by atoms with van der Waals surface area (Å²) in [6.45, 7) is 6.87. The zero-order valence-electron chi connectivity index (χ0n) is 16.8. The predicted octanol–water partition coefficient (Wildman–Crippen LogP) is 7.77. The van der Waals surface area contributed by atoms with Gasteiger partial charge in [0.2, 0.25) is 0 Å². The Hall–Kier alpha value is -0.0400. The van der Waals surface area contributed by atoms with Gasteiger partial charge in [-0.25, -0.2) is 0 Å². The zero-order chi connectivity index (χ0) is 17.2. The van der Waals surface area contributed by atoms with Gasteiger partial charge in [0, 0.05) is 5.54 Å². The quantitative estimate of drug-likeness (QED) is 0.256. The third-order valence-corrected chi connectivity index (χ3v) is 5.33. The van der Waals surface area contributed by atoms with Gasteiger partial charge in [0.05, 0.1) is 0 Å². The molecule has 2 N–H and O–H groups in total. The predicted molar refractivity (Wildman–Crippen MR) is 107 cm³/mol. The topological polar surface area (TPSA) is 26.0 Å². The Bertz CT molecular complexity index is 188. The van der Waals surface area contributed by atoms with Crippen molar-refractivity contribution in [1.82, 2.24) is 0 Å². The lowest BCUT2D eigenvalue weighted by molar-refractivity contribution is 0.303. The van der Waals surface area contributed by atoms with Crippen molar-refractivity contribution in [1.29, 1.82) is 0 Å². The van der Waals surface area contributed by atoms with Crippen LogP contribution >= 0.6 is 0 Å². The first-order valence-corrected chi connectivity index (χ1v) is 11.0. The van der Waals surface area contributed by atoms with E-state index < -0.39 is 0 Å². The van der Waals surface area contributed by atoms with Crippen LogP contribution in [0.4, 0.5) is 0 Å². The molecule has 0 amide bonds. The molecule has 0 saturated heterocycles.